The smallest absolute Gasteiger partial charge is 0.171 e. The SMILES string of the molecule is NC(=NO)c1ccc(N2CCc3ccccc32)cc1Cl. The maximum atomic E-state index is 8.72. The minimum Gasteiger partial charge on any atom is -0.409 e. The fraction of sp³-hybridized carbons (Fsp3) is 0.133. The van der Waals surface area contributed by atoms with E-state index in [-0.39, 0.29) is 5.84 Å². The molecule has 0 saturated carbocycles. The molecule has 0 aliphatic carbocycles. The Labute approximate surface area is 122 Å². The van der Waals surface area contributed by atoms with Crippen LogP contribution in [0.2, 0.25) is 5.02 Å². The molecule has 0 saturated heterocycles. The lowest BCUT2D eigenvalue weighted by molar-refractivity contribution is 0.318. The Bertz CT molecular complexity index is 685. The van der Waals surface area contributed by atoms with Gasteiger partial charge in [0.25, 0.3) is 0 Å². The van der Waals surface area contributed by atoms with Gasteiger partial charge >= 0.3 is 0 Å². The standard InChI is InChI=1S/C15H14ClN3O/c16-13-9-11(5-6-12(13)15(17)18-20)19-8-7-10-3-1-2-4-14(10)19/h1-6,9,20H,7-8H2,(H2,17,18). The summed E-state index contributed by atoms with van der Waals surface area (Å²) in [6, 6.07) is 13.9. The summed E-state index contributed by atoms with van der Waals surface area (Å²) >= 11 is 6.21. The van der Waals surface area contributed by atoms with Crippen LogP contribution in [0.3, 0.4) is 0 Å². The third-order valence-corrected chi connectivity index (χ3v) is 3.85. The number of hydrogen-bond acceptors (Lipinski definition) is 3. The molecule has 3 N–H and O–H groups in total. The molecule has 2 aromatic carbocycles. The lowest BCUT2D eigenvalue weighted by Gasteiger charge is -2.20. The summed E-state index contributed by atoms with van der Waals surface area (Å²) in [4.78, 5) is 2.22. The van der Waals surface area contributed by atoms with Crippen molar-refractivity contribution in [2.45, 2.75) is 6.42 Å². The molecule has 0 aromatic heterocycles. The first kappa shape index (κ1) is 12.8. The number of benzene rings is 2. The Hall–Kier alpha value is -2.20. The topological polar surface area (TPSA) is 61.9 Å². The van der Waals surface area contributed by atoms with Crippen LogP contribution in [0.25, 0.3) is 0 Å². The van der Waals surface area contributed by atoms with Crippen molar-refractivity contribution in [3.05, 3.63) is 58.6 Å². The fourth-order valence-corrected chi connectivity index (χ4v) is 2.81. The maximum Gasteiger partial charge on any atom is 0.171 e. The number of oxime groups is 1. The highest BCUT2D eigenvalue weighted by Gasteiger charge is 2.20. The molecular formula is C15H14ClN3O. The van der Waals surface area contributed by atoms with E-state index in [2.05, 4.69) is 28.3 Å². The average Bonchev–Trinajstić information content (AvgIpc) is 2.90. The van der Waals surface area contributed by atoms with Gasteiger partial charge in [0.2, 0.25) is 0 Å². The lowest BCUT2D eigenvalue weighted by atomic mass is 10.1. The predicted octanol–water partition coefficient (Wildman–Crippen LogP) is 3.13. The minimum absolute atomic E-state index is 0.0170. The van der Waals surface area contributed by atoms with E-state index < -0.39 is 0 Å². The molecule has 102 valence electrons. The van der Waals surface area contributed by atoms with Crippen molar-refractivity contribution in [1.82, 2.24) is 0 Å². The zero-order valence-corrected chi connectivity index (χ0v) is 11.5. The van der Waals surface area contributed by atoms with Crippen molar-refractivity contribution in [3.8, 4) is 0 Å². The Morgan fingerprint density at radius 3 is 2.80 bits per heavy atom. The number of anilines is 2. The van der Waals surface area contributed by atoms with Crippen LogP contribution in [-0.4, -0.2) is 17.6 Å². The van der Waals surface area contributed by atoms with Crippen LogP contribution < -0.4 is 10.6 Å². The van der Waals surface area contributed by atoms with Gasteiger partial charge in [-0.2, -0.15) is 0 Å². The van der Waals surface area contributed by atoms with Crippen LogP contribution in [0.1, 0.15) is 11.1 Å². The Balaban J connectivity index is 1.99. The highest BCUT2D eigenvalue weighted by molar-refractivity contribution is 6.34. The third kappa shape index (κ3) is 2.08. The molecule has 5 heteroatoms. The monoisotopic (exact) mass is 287 g/mol. The molecule has 0 spiro atoms. The van der Waals surface area contributed by atoms with Gasteiger partial charge in [-0.25, -0.2) is 0 Å². The first-order valence-corrected chi connectivity index (χ1v) is 6.71. The van der Waals surface area contributed by atoms with E-state index in [1.54, 1.807) is 6.07 Å². The fourth-order valence-electron chi connectivity index (χ4n) is 2.54. The van der Waals surface area contributed by atoms with Gasteiger partial charge in [0, 0.05) is 23.5 Å². The second-order valence-corrected chi connectivity index (χ2v) is 5.09. The summed E-state index contributed by atoms with van der Waals surface area (Å²) in [5, 5.41) is 12.2. The molecule has 0 atom stereocenters. The minimum atomic E-state index is 0.0170. The number of nitrogens with zero attached hydrogens (tertiary/aromatic N) is 2. The number of fused-ring (bicyclic) bond motifs is 1. The predicted molar refractivity (Wildman–Crippen MR) is 81.1 cm³/mol. The number of amidine groups is 1. The summed E-state index contributed by atoms with van der Waals surface area (Å²) < 4.78 is 0. The Morgan fingerprint density at radius 2 is 2.05 bits per heavy atom. The Morgan fingerprint density at radius 1 is 1.25 bits per heavy atom. The summed E-state index contributed by atoms with van der Waals surface area (Å²) in [5.74, 6) is 0.0170. The van der Waals surface area contributed by atoms with E-state index >= 15 is 0 Å². The molecule has 0 amide bonds. The van der Waals surface area contributed by atoms with Gasteiger partial charge in [0.1, 0.15) is 0 Å². The summed E-state index contributed by atoms with van der Waals surface area (Å²) in [7, 11) is 0. The van der Waals surface area contributed by atoms with Crippen LogP contribution in [0, 0.1) is 0 Å². The van der Waals surface area contributed by atoms with E-state index in [9.17, 15) is 0 Å². The summed E-state index contributed by atoms with van der Waals surface area (Å²) in [5.41, 5.74) is 9.66. The molecule has 3 rings (SSSR count). The largest absolute Gasteiger partial charge is 0.409 e. The number of rotatable bonds is 2. The first-order valence-electron chi connectivity index (χ1n) is 6.33. The molecule has 2 aromatic rings. The van der Waals surface area contributed by atoms with Crippen molar-refractivity contribution >= 4 is 28.8 Å². The summed E-state index contributed by atoms with van der Waals surface area (Å²) in [6.45, 7) is 0.929. The van der Waals surface area contributed by atoms with Crippen LogP contribution in [-0.2, 0) is 6.42 Å². The van der Waals surface area contributed by atoms with Crippen molar-refractivity contribution < 1.29 is 5.21 Å². The molecule has 0 unspecified atom stereocenters. The number of para-hydroxylation sites is 1. The lowest BCUT2D eigenvalue weighted by Crippen LogP contribution is -2.16. The number of halogens is 1. The molecule has 0 radical (unpaired) electrons. The highest BCUT2D eigenvalue weighted by Crippen LogP contribution is 2.35. The molecule has 0 bridgehead atoms. The zero-order valence-electron chi connectivity index (χ0n) is 10.8. The molecule has 20 heavy (non-hydrogen) atoms. The van der Waals surface area contributed by atoms with Gasteiger partial charge in [-0.3, -0.25) is 0 Å². The van der Waals surface area contributed by atoms with Crippen LogP contribution in [0.5, 0.6) is 0 Å². The quantitative estimate of drug-likeness (QED) is 0.386. The van der Waals surface area contributed by atoms with E-state index in [1.165, 1.54) is 11.3 Å². The van der Waals surface area contributed by atoms with Crippen LogP contribution >= 0.6 is 11.6 Å². The number of nitrogens with two attached hydrogens (primary N) is 1. The van der Waals surface area contributed by atoms with Crippen molar-refractivity contribution in [2.75, 3.05) is 11.4 Å². The number of hydrogen-bond donors (Lipinski definition) is 2. The highest BCUT2D eigenvalue weighted by atomic mass is 35.5. The van der Waals surface area contributed by atoms with Crippen LogP contribution in [0.4, 0.5) is 11.4 Å². The van der Waals surface area contributed by atoms with Gasteiger partial charge in [0.05, 0.1) is 5.02 Å². The molecule has 1 aliphatic heterocycles. The van der Waals surface area contributed by atoms with Crippen molar-refractivity contribution in [3.63, 3.8) is 0 Å². The summed E-state index contributed by atoms with van der Waals surface area (Å²) in [6.07, 6.45) is 1.02. The van der Waals surface area contributed by atoms with Crippen molar-refractivity contribution in [1.29, 1.82) is 0 Å². The maximum absolute atomic E-state index is 8.72. The van der Waals surface area contributed by atoms with Gasteiger partial charge in [-0.15, -0.1) is 0 Å². The molecule has 1 aliphatic rings. The molecular weight excluding hydrogens is 274 g/mol. The third-order valence-electron chi connectivity index (χ3n) is 3.54. The Kier molecular flexibility index (Phi) is 3.24. The normalized spacial score (nSPS) is 14.4. The average molecular weight is 288 g/mol. The van der Waals surface area contributed by atoms with Gasteiger partial charge in [-0.1, -0.05) is 35.0 Å². The van der Waals surface area contributed by atoms with Gasteiger partial charge in [0.15, 0.2) is 5.84 Å². The van der Waals surface area contributed by atoms with Gasteiger partial charge < -0.3 is 15.8 Å². The molecule has 0 fully saturated rings. The van der Waals surface area contributed by atoms with E-state index in [4.69, 9.17) is 22.5 Å². The zero-order chi connectivity index (χ0) is 14.1. The molecule has 1 heterocycles. The van der Waals surface area contributed by atoms with Crippen LogP contribution in [0.15, 0.2) is 47.6 Å². The first-order chi connectivity index (χ1) is 9.70. The molecule has 4 nitrogen and oxygen atoms in total. The van der Waals surface area contributed by atoms with Gasteiger partial charge in [-0.05, 0) is 36.2 Å². The van der Waals surface area contributed by atoms with E-state index in [0.29, 0.717) is 10.6 Å². The van der Waals surface area contributed by atoms with Crippen molar-refractivity contribution in [2.24, 2.45) is 10.9 Å². The van der Waals surface area contributed by atoms with E-state index in [0.717, 1.165) is 18.7 Å². The second kappa shape index (κ2) is 5.06. The second-order valence-electron chi connectivity index (χ2n) is 4.68. The van der Waals surface area contributed by atoms with E-state index in [1.807, 2.05) is 18.2 Å².